The van der Waals surface area contributed by atoms with E-state index in [0.29, 0.717) is 87.3 Å². The maximum absolute atomic E-state index is 11.4. The summed E-state index contributed by atoms with van der Waals surface area (Å²) in [6, 6.07) is 17.8. The lowest BCUT2D eigenvalue weighted by atomic mass is 9.70. The Labute approximate surface area is 361 Å². The molecule has 1 aliphatic carbocycles. The van der Waals surface area contributed by atoms with Crippen LogP contribution in [-0.2, 0) is 36.8 Å². The van der Waals surface area contributed by atoms with Crippen molar-refractivity contribution in [1.82, 2.24) is 20.9 Å². The topological polar surface area (TPSA) is 210 Å². The third-order valence-electron chi connectivity index (χ3n) is 12.5. The Morgan fingerprint density at radius 2 is 1.82 bits per heavy atom. The summed E-state index contributed by atoms with van der Waals surface area (Å²) in [4.78, 5) is 3.29. The Kier molecular flexibility index (Phi) is 13.6. The second kappa shape index (κ2) is 19.2. The molecule has 1 aromatic heterocycles. The summed E-state index contributed by atoms with van der Waals surface area (Å²) >= 11 is 0. The number of ether oxygens (including phenoxy) is 4. The molecule has 0 spiro atoms. The van der Waals surface area contributed by atoms with E-state index in [1.807, 2.05) is 31.4 Å². The van der Waals surface area contributed by atoms with E-state index in [1.54, 1.807) is 19.1 Å². The number of hydrogen-bond acceptors (Lipinski definition) is 13. The summed E-state index contributed by atoms with van der Waals surface area (Å²) in [6.45, 7) is 2.48. The number of aliphatic hydroxyl groups is 4. The van der Waals surface area contributed by atoms with E-state index in [9.17, 15) is 30.6 Å². The zero-order valence-electron chi connectivity index (χ0n) is 35.5. The molecule has 62 heavy (non-hydrogen) atoms. The third-order valence-corrected chi connectivity index (χ3v) is 12.5. The molecule has 14 heteroatoms. The van der Waals surface area contributed by atoms with Crippen molar-refractivity contribution < 1.29 is 49.6 Å². The van der Waals surface area contributed by atoms with Gasteiger partial charge in [0.2, 0.25) is 0 Å². The number of benzene rings is 4. The minimum Gasteiger partial charge on any atom is -0.508 e. The number of H-pyrrole nitrogens is 1. The van der Waals surface area contributed by atoms with Crippen molar-refractivity contribution in [2.75, 3.05) is 60.0 Å². The van der Waals surface area contributed by atoms with Crippen LogP contribution in [0.5, 0.6) is 28.7 Å². The summed E-state index contributed by atoms with van der Waals surface area (Å²) in [6.07, 6.45) is 3.90. The number of hydrogen-bond donors (Lipinski definition) is 10. The van der Waals surface area contributed by atoms with Crippen LogP contribution in [0.3, 0.4) is 0 Å². The Balaban J connectivity index is 1.32. The van der Waals surface area contributed by atoms with Crippen molar-refractivity contribution in [1.29, 1.82) is 0 Å². The Hall–Kier alpha value is -4.90. The lowest BCUT2D eigenvalue weighted by Crippen LogP contribution is -2.56. The van der Waals surface area contributed by atoms with Gasteiger partial charge in [0.15, 0.2) is 17.6 Å². The Bertz CT molecular complexity index is 2320. The van der Waals surface area contributed by atoms with Gasteiger partial charge in [-0.25, -0.2) is 0 Å². The van der Waals surface area contributed by atoms with Gasteiger partial charge in [0.05, 0.1) is 26.0 Å². The van der Waals surface area contributed by atoms with Crippen LogP contribution in [0.2, 0.25) is 0 Å². The summed E-state index contributed by atoms with van der Waals surface area (Å²) < 4.78 is 27.1. The highest BCUT2D eigenvalue weighted by atomic mass is 16.6. The lowest BCUT2D eigenvalue weighted by Gasteiger charge is -2.47. The highest BCUT2D eigenvalue weighted by Gasteiger charge is 2.50. The quantitative estimate of drug-likeness (QED) is 0.0417. The highest BCUT2D eigenvalue weighted by Crippen LogP contribution is 2.58. The summed E-state index contributed by atoms with van der Waals surface area (Å²) in [5.41, 5.74) is 8.30. The molecule has 0 fully saturated rings. The Morgan fingerprint density at radius 1 is 0.952 bits per heavy atom. The maximum atomic E-state index is 11.4. The molecular formula is C48H60N4O10. The molecule has 0 radical (unpaired) electrons. The van der Waals surface area contributed by atoms with Crippen molar-refractivity contribution >= 4 is 10.9 Å². The molecule has 5 unspecified atom stereocenters. The molecule has 0 saturated heterocycles. The second-order valence-corrected chi connectivity index (χ2v) is 16.9. The number of fused-ring (bicyclic) bond motifs is 9. The number of phenolic OH excluding ortho intramolecular Hbond substituents is 2. The average molecular weight is 853 g/mol. The van der Waals surface area contributed by atoms with Crippen LogP contribution >= 0.6 is 0 Å². The minimum atomic E-state index is -1.07. The van der Waals surface area contributed by atoms with Crippen molar-refractivity contribution in [3.8, 4) is 39.9 Å². The van der Waals surface area contributed by atoms with Gasteiger partial charge in [0.1, 0.15) is 35.6 Å². The van der Waals surface area contributed by atoms with Crippen molar-refractivity contribution in [2.45, 2.75) is 81.7 Å². The van der Waals surface area contributed by atoms with E-state index in [0.717, 1.165) is 44.3 Å². The lowest BCUT2D eigenvalue weighted by molar-refractivity contribution is -0.129. The normalized spacial score (nSPS) is 20.7. The number of nitrogens with one attached hydrogen (secondary N) is 4. The van der Waals surface area contributed by atoms with Gasteiger partial charge < -0.3 is 65.2 Å². The predicted molar refractivity (Wildman–Crippen MR) is 235 cm³/mol. The number of aromatic nitrogens is 1. The standard InChI is InChI=1S/C48H60N4O10/c1-28(56)23-50-26-51-25-48(60-27-49-2)22-40-39-19-32(17-29-5-10-41-30(16-29)11-12-52-41)38-21-34(57)6-8-36(38)43(39)46-37(9-7-35(24-55)61-46)45(40)62-47(48)33-18-31(4-3-13-53)44(58)42(20-33)59-15-14-54/h5-6,8,10-12,16,18,20-21,28,32,35,47,49-58H,3-4,7,9,13-15,17,19,22-27H2,1-2H3. The maximum Gasteiger partial charge on any atom is 0.161 e. The first-order chi connectivity index (χ1) is 30.2. The summed E-state index contributed by atoms with van der Waals surface area (Å²) in [7, 11) is 1.82. The zero-order chi connectivity index (χ0) is 43.4. The molecule has 332 valence electrons. The van der Waals surface area contributed by atoms with Gasteiger partial charge in [-0.2, -0.15) is 0 Å². The molecule has 0 amide bonds. The summed E-state index contributed by atoms with van der Waals surface area (Å²) in [5.74, 6) is 1.67. The van der Waals surface area contributed by atoms with Gasteiger partial charge in [0.25, 0.3) is 0 Å². The van der Waals surface area contributed by atoms with E-state index < -0.39 is 23.9 Å². The van der Waals surface area contributed by atoms with Crippen LogP contribution in [0.1, 0.15) is 70.7 Å². The van der Waals surface area contributed by atoms with Crippen LogP contribution < -0.4 is 30.2 Å². The fourth-order valence-electron chi connectivity index (χ4n) is 9.63. The second-order valence-electron chi connectivity index (χ2n) is 16.9. The molecule has 14 nitrogen and oxygen atoms in total. The fourth-order valence-corrected chi connectivity index (χ4v) is 9.63. The van der Waals surface area contributed by atoms with Crippen LogP contribution in [0.25, 0.3) is 22.0 Å². The SMILES string of the molecule is CNCOC1(CNCNCC(C)O)Cc2c3c(c4c(c2OC1c1cc(CCCO)c(O)c(OCCO)c1)CCC(CO)O4)-c1ccc(O)cc1C(Cc1ccc2[nH]ccc2c1)C3. The van der Waals surface area contributed by atoms with Gasteiger partial charge in [-0.15, -0.1) is 0 Å². The largest absolute Gasteiger partial charge is 0.508 e. The molecular weight excluding hydrogens is 793 g/mol. The Morgan fingerprint density at radius 3 is 2.61 bits per heavy atom. The van der Waals surface area contributed by atoms with Gasteiger partial charge in [-0.1, -0.05) is 12.1 Å². The van der Waals surface area contributed by atoms with Crippen LogP contribution in [0, 0.1) is 0 Å². The van der Waals surface area contributed by atoms with Gasteiger partial charge in [-0.3, -0.25) is 5.32 Å². The number of aromatic hydroxyl groups is 2. The molecule has 5 atom stereocenters. The van der Waals surface area contributed by atoms with Gasteiger partial charge >= 0.3 is 0 Å². The molecule has 4 aromatic carbocycles. The molecule has 5 aromatic rings. The van der Waals surface area contributed by atoms with E-state index >= 15 is 0 Å². The molecule has 3 heterocycles. The zero-order valence-corrected chi connectivity index (χ0v) is 35.5. The minimum absolute atomic E-state index is 0.0223. The van der Waals surface area contributed by atoms with E-state index in [-0.39, 0.29) is 56.3 Å². The number of rotatable bonds is 19. The van der Waals surface area contributed by atoms with Crippen molar-refractivity contribution in [3.63, 3.8) is 0 Å². The van der Waals surface area contributed by atoms with Crippen LogP contribution in [0.4, 0.5) is 0 Å². The fraction of sp³-hybridized carbons (Fsp3) is 0.458. The smallest absolute Gasteiger partial charge is 0.161 e. The highest BCUT2D eigenvalue weighted by molar-refractivity contribution is 5.85. The molecule has 8 rings (SSSR count). The molecule has 2 aliphatic heterocycles. The van der Waals surface area contributed by atoms with Crippen LogP contribution in [-0.4, -0.2) is 113 Å². The van der Waals surface area contributed by atoms with E-state index in [4.69, 9.17) is 18.9 Å². The van der Waals surface area contributed by atoms with Gasteiger partial charge in [-0.05, 0) is 140 Å². The van der Waals surface area contributed by atoms with Crippen molar-refractivity contribution in [2.24, 2.45) is 0 Å². The number of aliphatic hydroxyl groups excluding tert-OH is 4. The van der Waals surface area contributed by atoms with Crippen LogP contribution in [0.15, 0.2) is 60.8 Å². The first-order valence-electron chi connectivity index (χ1n) is 21.8. The number of aryl methyl sites for hydroxylation is 1. The van der Waals surface area contributed by atoms with E-state index in [2.05, 4.69) is 45.2 Å². The van der Waals surface area contributed by atoms with Crippen molar-refractivity contribution in [3.05, 3.63) is 99.7 Å². The number of aromatic amines is 1. The molecule has 0 bridgehead atoms. The molecule has 10 N–H and O–H groups in total. The first kappa shape index (κ1) is 43.7. The molecule has 3 aliphatic rings. The van der Waals surface area contributed by atoms with Gasteiger partial charge in [0, 0.05) is 61.2 Å². The van der Waals surface area contributed by atoms with E-state index in [1.165, 1.54) is 5.56 Å². The first-order valence-corrected chi connectivity index (χ1v) is 21.8. The predicted octanol–water partition coefficient (Wildman–Crippen LogP) is 4.24. The monoisotopic (exact) mass is 852 g/mol. The third kappa shape index (κ3) is 8.84. The number of phenols is 2. The molecule has 0 saturated carbocycles. The summed E-state index contributed by atoms with van der Waals surface area (Å²) in [5, 5.41) is 73.4. The average Bonchev–Trinajstić information content (AvgIpc) is 3.75.